The van der Waals surface area contributed by atoms with Crippen molar-refractivity contribution in [1.82, 2.24) is 0 Å². The summed E-state index contributed by atoms with van der Waals surface area (Å²) in [6.45, 7) is 0. The van der Waals surface area contributed by atoms with Crippen molar-refractivity contribution in [2.75, 3.05) is 16.4 Å². The third-order valence-electron chi connectivity index (χ3n) is 4.17. The second-order valence-corrected chi connectivity index (χ2v) is 9.54. The van der Waals surface area contributed by atoms with Crippen LogP contribution in [0.2, 0.25) is 0 Å². The van der Waals surface area contributed by atoms with Crippen molar-refractivity contribution in [1.29, 1.82) is 0 Å². The molecule has 1 aromatic carbocycles. The van der Waals surface area contributed by atoms with Crippen molar-refractivity contribution < 1.29 is 27.5 Å². The number of hydrogen-bond acceptors (Lipinski definition) is 5. The van der Waals surface area contributed by atoms with Gasteiger partial charge in [-0.05, 0) is 30.7 Å². The lowest BCUT2D eigenvalue weighted by atomic mass is 10.2. The zero-order chi connectivity index (χ0) is 18.9. The summed E-state index contributed by atoms with van der Waals surface area (Å²) < 4.78 is 37.1. The second-order valence-electron chi connectivity index (χ2n) is 6.18. The number of carbonyl (C=O) groups excluding carboxylic acids is 1. The molecule has 3 rings (SSSR count). The maximum atomic E-state index is 13.2. The maximum Gasteiger partial charge on any atom is 0.303 e. The molecule has 0 aliphatic carbocycles. The number of halogens is 1. The number of benzene rings is 1. The molecule has 0 spiro atoms. The van der Waals surface area contributed by atoms with Gasteiger partial charge in [0.1, 0.15) is 5.82 Å². The molecule has 2 heterocycles. The number of hydrogen-bond donors (Lipinski definition) is 1. The van der Waals surface area contributed by atoms with Crippen molar-refractivity contribution >= 4 is 44.3 Å². The molecule has 140 valence electrons. The summed E-state index contributed by atoms with van der Waals surface area (Å²) in [7, 11) is -3.17. The smallest absolute Gasteiger partial charge is 0.303 e. The Kier molecular flexibility index (Phi) is 5.33. The Balaban J connectivity index is 1.84. The van der Waals surface area contributed by atoms with Gasteiger partial charge in [0.15, 0.2) is 15.0 Å². The van der Waals surface area contributed by atoms with E-state index < -0.39 is 27.5 Å². The average Bonchev–Trinajstić information content (AvgIpc) is 2.99. The van der Waals surface area contributed by atoms with E-state index in [1.165, 1.54) is 36.0 Å². The van der Waals surface area contributed by atoms with Crippen LogP contribution in [0, 0.1) is 5.82 Å². The van der Waals surface area contributed by atoms with E-state index in [0.29, 0.717) is 10.9 Å². The van der Waals surface area contributed by atoms with Gasteiger partial charge >= 0.3 is 5.97 Å². The van der Waals surface area contributed by atoms with Crippen LogP contribution in [0.15, 0.2) is 29.3 Å². The summed E-state index contributed by atoms with van der Waals surface area (Å²) in [5.74, 6) is -1.89. The molecule has 7 nitrogen and oxygen atoms in total. The molecular formula is C16H17FN2O5S2. The molecule has 2 saturated heterocycles. The molecule has 0 saturated carbocycles. The molecule has 2 fully saturated rings. The lowest BCUT2D eigenvalue weighted by molar-refractivity contribution is -0.137. The number of carbonyl (C=O) groups is 2. The number of carboxylic acids is 1. The van der Waals surface area contributed by atoms with Gasteiger partial charge in [0.2, 0.25) is 5.91 Å². The van der Waals surface area contributed by atoms with Crippen LogP contribution >= 0.6 is 11.8 Å². The number of carboxylic acid groups (broad SMARTS) is 1. The third-order valence-corrected chi connectivity index (χ3v) is 7.38. The van der Waals surface area contributed by atoms with Crippen molar-refractivity contribution in [3.8, 4) is 0 Å². The molecule has 2 aliphatic heterocycles. The number of amides is 1. The van der Waals surface area contributed by atoms with E-state index in [2.05, 4.69) is 4.99 Å². The minimum Gasteiger partial charge on any atom is -0.481 e. The van der Waals surface area contributed by atoms with Gasteiger partial charge in [-0.15, -0.1) is 0 Å². The van der Waals surface area contributed by atoms with Crippen molar-refractivity contribution in [2.45, 2.75) is 30.6 Å². The Bertz CT molecular complexity index is 854. The molecule has 0 radical (unpaired) electrons. The SMILES string of the molecule is O=C(O)CCCC(=O)N=C1SC2CS(=O)(=O)CC2N1c1ccc(F)cc1. The summed E-state index contributed by atoms with van der Waals surface area (Å²) in [5.41, 5.74) is 0.570. The zero-order valence-corrected chi connectivity index (χ0v) is 15.3. The highest BCUT2D eigenvalue weighted by molar-refractivity contribution is 8.16. The summed E-state index contributed by atoms with van der Waals surface area (Å²) >= 11 is 1.22. The number of aliphatic imine (C=N–C) groups is 1. The number of nitrogens with zero attached hydrogens (tertiary/aromatic N) is 2. The van der Waals surface area contributed by atoms with E-state index in [-0.39, 0.29) is 42.1 Å². The average molecular weight is 400 g/mol. The highest BCUT2D eigenvalue weighted by Crippen LogP contribution is 2.41. The maximum absolute atomic E-state index is 13.2. The normalized spacial score (nSPS) is 25.4. The summed E-state index contributed by atoms with van der Waals surface area (Å²) in [5, 5.41) is 8.77. The summed E-state index contributed by atoms with van der Waals surface area (Å²) in [6.07, 6.45) is 0.0730. The molecule has 2 atom stereocenters. The quantitative estimate of drug-likeness (QED) is 0.802. The third kappa shape index (κ3) is 4.24. The predicted octanol–water partition coefficient (Wildman–Crippen LogP) is 1.68. The van der Waals surface area contributed by atoms with Crippen LogP contribution in [0.25, 0.3) is 0 Å². The first-order valence-electron chi connectivity index (χ1n) is 8.00. The van der Waals surface area contributed by atoms with Crippen LogP contribution in [0.4, 0.5) is 10.1 Å². The molecule has 1 aromatic rings. The minimum atomic E-state index is -3.17. The molecule has 1 amide bonds. The van der Waals surface area contributed by atoms with Gasteiger partial charge in [-0.25, -0.2) is 12.8 Å². The Hall–Kier alpha value is -1.94. The first-order chi connectivity index (χ1) is 12.2. The van der Waals surface area contributed by atoms with Crippen LogP contribution < -0.4 is 4.90 Å². The molecule has 0 bridgehead atoms. The van der Waals surface area contributed by atoms with Gasteiger partial charge < -0.3 is 10.0 Å². The largest absolute Gasteiger partial charge is 0.481 e. The Morgan fingerprint density at radius 3 is 2.58 bits per heavy atom. The van der Waals surface area contributed by atoms with E-state index >= 15 is 0 Å². The molecule has 1 N–H and O–H groups in total. The van der Waals surface area contributed by atoms with Gasteiger partial charge in [0, 0.05) is 23.8 Å². The Morgan fingerprint density at radius 2 is 1.92 bits per heavy atom. The lowest BCUT2D eigenvalue weighted by Crippen LogP contribution is -2.37. The summed E-state index contributed by atoms with van der Waals surface area (Å²) in [6, 6.07) is 5.22. The fraction of sp³-hybridized carbons (Fsp3) is 0.438. The Morgan fingerprint density at radius 1 is 1.23 bits per heavy atom. The van der Waals surface area contributed by atoms with Crippen LogP contribution in [0.5, 0.6) is 0 Å². The van der Waals surface area contributed by atoms with Gasteiger partial charge in [0.25, 0.3) is 0 Å². The molecular weight excluding hydrogens is 383 g/mol. The van der Waals surface area contributed by atoms with Gasteiger partial charge in [0.05, 0.1) is 17.5 Å². The zero-order valence-electron chi connectivity index (χ0n) is 13.7. The first kappa shape index (κ1) is 18.8. The van der Waals surface area contributed by atoms with Gasteiger partial charge in [-0.3, -0.25) is 9.59 Å². The van der Waals surface area contributed by atoms with E-state index in [0.717, 1.165) is 0 Å². The highest BCUT2D eigenvalue weighted by Gasteiger charge is 2.49. The standard InChI is InChI=1S/C16H17FN2O5S2/c17-10-4-6-11(7-5-10)19-12-8-26(23,24)9-13(12)25-16(19)18-14(20)2-1-3-15(21)22/h4-7,12-13H,1-3,8-9H2,(H,21,22). The number of amidine groups is 1. The molecule has 0 aromatic heterocycles. The van der Waals surface area contributed by atoms with Crippen molar-refractivity contribution in [3.05, 3.63) is 30.1 Å². The number of aliphatic carboxylic acids is 1. The second kappa shape index (κ2) is 7.36. The van der Waals surface area contributed by atoms with Crippen molar-refractivity contribution in [3.63, 3.8) is 0 Å². The number of thioether (sulfide) groups is 1. The molecule has 2 unspecified atom stereocenters. The molecule has 10 heteroatoms. The van der Waals surface area contributed by atoms with Crippen LogP contribution in [-0.2, 0) is 19.4 Å². The fourth-order valence-corrected chi connectivity index (χ4v) is 6.95. The van der Waals surface area contributed by atoms with E-state index in [9.17, 15) is 22.4 Å². The van der Waals surface area contributed by atoms with Crippen molar-refractivity contribution in [2.24, 2.45) is 4.99 Å². The minimum absolute atomic E-state index is 0.00124. The van der Waals surface area contributed by atoms with Crippen LogP contribution in [-0.4, -0.2) is 53.4 Å². The molecule has 26 heavy (non-hydrogen) atoms. The summed E-state index contributed by atoms with van der Waals surface area (Å²) in [4.78, 5) is 28.3. The van der Waals surface area contributed by atoms with E-state index in [1.54, 1.807) is 4.90 Å². The van der Waals surface area contributed by atoms with Gasteiger partial charge in [-0.1, -0.05) is 11.8 Å². The number of fused-ring (bicyclic) bond motifs is 1. The Labute approximate surface area is 154 Å². The topological polar surface area (TPSA) is 104 Å². The number of sulfone groups is 1. The number of anilines is 1. The lowest BCUT2D eigenvalue weighted by Gasteiger charge is -2.24. The molecule has 2 aliphatic rings. The van der Waals surface area contributed by atoms with Crippen LogP contribution in [0.3, 0.4) is 0 Å². The monoisotopic (exact) mass is 400 g/mol. The first-order valence-corrected chi connectivity index (χ1v) is 10.7. The highest BCUT2D eigenvalue weighted by atomic mass is 32.2. The van der Waals surface area contributed by atoms with E-state index in [4.69, 9.17) is 5.11 Å². The fourth-order valence-electron chi connectivity index (χ4n) is 3.02. The van der Waals surface area contributed by atoms with Gasteiger partial charge in [-0.2, -0.15) is 4.99 Å². The van der Waals surface area contributed by atoms with Crippen LogP contribution in [0.1, 0.15) is 19.3 Å². The predicted molar refractivity (Wildman–Crippen MR) is 96.6 cm³/mol. The van der Waals surface area contributed by atoms with E-state index in [1.807, 2.05) is 0 Å². The number of rotatable bonds is 5.